The number of aliphatic hydroxyl groups excluding tert-OH is 3. The van der Waals surface area contributed by atoms with E-state index < -0.39 is 12.1 Å². The van der Waals surface area contributed by atoms with E-state index in [0.717, 1.165) is 51.4 Å². The fourth-order valence-electron chi connectivity index (χ4n) is 9.44. The van der Waals surface area contributed by atoms with Gasteiger partial charge in [0.2, 0.25) is 0 Å². The van der Waals surface area contributed by atoms with Crippen molar-refractivity contribution in [2.75, 3.05) is 0 Å². The molecule has 5 saturated carbocycles. The Balaban J connectivity index is 1.43. The molecule has 0 bridgehead atoms. The van der Waals surface area contributed by atoms with Crippen molar-refractivity contribution in [1.82, 2.24) is 0 Å². The van der Waals surface area contributed by atoms with Crippen LogP contribution < -0.4 is 0 Å². The summed E-state index contributed by atoms with van der Waals surface area (Å²) < 4.78 is 0. The number of hydrogen-bond donors (Lipinski definition) is 4. The van der Waals surface area contributed by atoms with E-state index in [1.165, 1.54) is 0 Å². The van der Waals surface area contributed by atoms with Gasteiger partial charge in [-0.05, 0) is 104 Å². The van der Waals surface area contributed by atoms with Gasteiger partial charge in [0.1, 0.15) is 0 Å². The second kappa shape index (κ2) is 6.92. The van der Waals surface area contributed by atoms with Crippen LogP contribution in [0.1, 0.15) is 72.1 Å². The topological polar surface area (TPSA) is 98.0 Å². The summed E-state index contributed by atoms with van der Waals surface area (Å²) in [6.07, 6.45) is 6.00. The first-order chi connectivity index (χ1) is 14.1. The standard InChI is InChI=1S/C25H40O5/c1-12(15-10-16(15)23(29)30)17-4-5-18-22-19(11-21(28)25(17,18)3)24(2)7-6-14(26)8-13(24)9-20(22)27/h12-22,26-28H,4-11H2,1-3H3,(H,29,30)/t12-,13+,14-,15?,16?,17-,18+,19+,20-,21+,22+,24+,25-/m1/s1. The van der Waals surface area contributed by atoms with Crippen molar-refractivity contribution in [3.8, 4) is 0 Å². The number of aliphatic hydroxyl groups is 3. The van der Waals surface area contributed by atoms with Crippen LogP contribution in [0.15, 0.2) is 0 Å². The summed E-state index contributed by atoms with van der Waals surface area (Å²) in [7, 11) is 0. The van der Waals surface area contributed by atoms with E-state index in [4.69, 9.17) is 0 Å². The molecule has 5 heteroatoms. The SMILES string of the molecule is C[C@H](C1CC1C(=O)O)[C@H]1CC[C@H]2[C@@H]3[C@H](O)C[C@@H]4C[C@H](O)CC[C@]4(C)[C@H]3C[C@H](O)[C@]12C. The van der Waals surface area contributed by atoms with Crippen LogP contribution in [-0.2, 0) is 4.79 Å². The van der Waals surface area contributed by atoms with E-state index in [1.54, 1.807) is 0 Å². The van der Waals surface area contributed by atoms with Gasteiger partial charge in [-0.1, -0.05) is 20.8 Å². The molecule has 0 saturated heterocycles. The summed E-state index contributed by atoms with van der Waals surface area (Å²) >= 11 is 0. The molecule has 0 aromatic heterocycles. The van der Waals surface area contributed by atoms with Crippen LogP contribution in [0.5, 0.6) is 0 Å². The molecule has 5 aliphatic rings. The second-order valence-corrected chi connectivity index (χ2v) is 12.2. The third-order valence-corrected chi connectivity index (χ3v) is 11.3. The van der Waals surface area contributed by atoms with Crippen LogP contribution in [0.4, 0.5) is 0 Å². The Kier molecular flexibility index (Phi) is 4.89. The van der Waals surface area contributed by atoms with Crippen molar-refractivity contribution in [1.29, 1.82) is 0 Å². The van der Waals surface area contributed by atoms with Gasteiger partial charge in [0, 0.05) is 0 Å². The van der Waals surface area contributed by atoms with Crippen molar-refractivity contribution in [2.24, 2.45) is 58.2 Å². The van der Waals surface area contributed by atoms with E-state index in [9.17, 15) is 25.2 Å². The maximum absolute atomic E-state index is 11.6. The molecule has 2 unspecified atom stereocenters. The third kappa shape index (κ3) is 2.80. The molecule has 0 radical (unpaired) electrons. The highest BCUT2D eigenvalue weighted by Crippen LogP contribution is 2.69. The molecule has 13 atom stereocenters. The van der Waals surface area contributed by atoms with Gasteiger partial charge in [0.15, 0.2) is 0 Å². The first-order valence-corrected chi connectivity index (χ1v) is 12.4. The van der Waals surface area contributed by atoms with Crippen LogP contribution in [0.25, 0.3) is 0 Å². The molecule has 0 aromatic carbocycles. The quantitative estimate of drug-likeness (QED) is 0.562. The Morgan fingerprint density at radius 3 is 2.37 bits per heavy atom. The zero-order valence-corrected chi connectivity index (χ0v) is 18.7. The molecule has 0 amide bonds. The molecule has 5 aliphatic carbocycles. The Morgan fingerprint density at radius 2 is 1.70 bits per heavy atom. The van der Waals surface area contributed by atoms with Crippen molar-refractivity contribution >= 4 is 5.97 Å². The Morgan fingerprint density at radius 1 is 0.967 bits per heavy atom. The van der Waals surface area contributed by atoms with E-state index >= 15 is 0 Å². The lowest BCUT2D eigenvalue weighted by Gasteiger charge is -2.63. The highest BCUT2D eigenvalue weighted by Gasteiger charge is 2.66. The number of carboxylic acid groups (broad SMARTS) is 1. The van der Waals surface area contributed by atoms with Crippen molar-refractivity contribution in [3.63, 3.8) is 0 Å². The van der Waals surface area contributed by atoms with Crippen LogP contribution in [-0.4, -0.2) is 44.7 Å². The molecule has 5 rings (SSSR count). The van der Waals surface area contributed by atoms with Gasteiger partial charge < -0.3 is 20.4 Å². The fraction of sp³-hybridized carbons (Fsp3) is 0.960. The van der Waals surface area contributed by atoms with Gasteiger partial charge in [-0.3, -0.25) is 4.79 Å². The molecular formula is C25H40O5. The van der Waals surface area contributed by atoms with Gasteiger partial charge in [0.25, 0.3) is 0 Å². The minimum absolute atomic E-state index is 0.0973. The fourth-order valence-corrected chi connectivity index (χ4v) is 9.44. The highest BCUT2D eigenvalue weighted by molar-refractivity contribution is 5.73. The largest absolute Gasteiger partial charge is 0.481 e. The molecule has 5 fully saturated rings. The first-order valence-electron chi connectivity index (χ1n) is 12.4. The van der Waals surface area contributed by atoms with Crippen LogP contribution in [0.2, 0.25) is 0 Å². The van der Waals surface area contributed by atoms with E-state index in [2.05, 4.69) is 20.8 Å². The molecule has 0 aliphatic heterocycles. The lowest BCUT2D eigenvalue weighted by atomic mass is 9.43. The van der Waals surface area contributed by atoms with Crippen molar-refractivity contribution < 1.29 is 25.2 Å². The number of hydrogen-bond acceptors (Lipinski definition) is 4. The van der Waals surface area contributed by atoms with Gasteiger partial charge in [-0.25, -0.2) is 0 Å². The number of aliphatic carboxylic acids is 1. The molecule has 0 aromatic rings. The molecule has 5 nitrogen and oxygen atoms in total. The van der Waals surface area contributed by atoms with Crippen molar-refractivity contribution in [3.05, 3.63) is 0 Å². The van der Waals surface area contributed by atoms with E-state index in [1.807, 2.05) is 0 Å². The van der Waals surface area contributed by atoms with Crippen molar-refractivity contribution in [2.45, 2.75) is 90.4 Å². The van der Waals surface area contributed by atoms with Crippen LogP contribution in [0, 0.1) is 58.2 Å². The van der Waals surface area contributed by atoms with E-state index in [0.29, 0.717) is 29.6 Å². The molecule has 30 heavy (non-hydrogen) atoms. The summed E-state index contributed by atoms with van der Waals surface area (Å²) in [5.74, 6) is 1.19. The second-order valence-electron chi connectivity index (χ2n) is 12.2. The minimum atomic E-state index is -0.669. The Labute approximate surface area is 180 Å². The Hall–Kier alpha value is -0.650. The van der Waals surface area contributed by atoms with Gasteiger partial charge in [0.05, 0.1) is 24.2 Å². The van der Waals surface area contributed by atoms with Crippen LogP contribution >= 0.6 is 0 Å². The van der Waals surface area contributed by atoms with Gasteiger partial charge in [-0.15, -0.1) is 0 Å². The average Bonchev–Trinajstić information content (AvgIpc) is 3.41. The van der Waals surface area contributed by atoms with E-state index in [-0.39, 0.29) is 40.8 Å². The van der Waals surface area contributed by atoms with Crippen LogP contribution in [0.3, 0.4) is 0 Å². The normalized spacial score (nSPS) is 58.3. The lowest BCUT2D eigenvalue weighted by Crippen LogP contribution is -2.62. The molecule has 0 heterocycles. The smallest absolute Gasteiger partial charge is 0.306 e. The monoisotopic (exact) mass is 420 g/mol. The maximum atomic E-state index is 11.6. The summed E-state index contributed by atoms with van der Waals surface area (Å²) in [6.45, 7) is 6.82. The summed E-state index contributed by atoms with van der Waals surface area (Å²) in [6, 6.07) is 0. The lowest BCUT2D eigenvalue weighted by molar-refractivity contribution is -0.207. The zero-order chi connectivity index (χ0) is 21.6. The van der Waals surface area contributed by atoms with Gasteiger partial charge >= 0.3 is 5.97 Å². The third-order valence-electron chi connectivity index (χ3n) is 11.3. The summed E-state index contributed by atoms with van der Waals surface area (Å²) in [4.78, 5) is 11.4. The summed E-state index contributed by atoms with van der Waals surface area (Å²) in [5.41, 5.74) is -0.134. The van der Waals surface area contributed by atoms with Gasteiger partial charge in [-0.2, -0.15) is 0 Å². The molecule has 4 N–H and O–H groups in total. The number of carboxylic acids is 1. The first kappa shape index (κ1) is 21.2. The molecule has 170 valence electrons. The number of fused-ring (bicyclic) bond motifs is 5. The summed E-state index contributed by atoms with van der Waals surface area (Å²) in [5, 5.41) is 42.5. The Bertz CT molecular complexity index is 710. The predicted octanol–water partition coefficient (Wildman–Crippen LogP) is 3.30. The highest BCUT2D eigenvalue weighted by atomic mass is 16.4. The number of carbonyl (C=O) groups is 1. The molecular weight excluding hydrogens is 380 g/mol. The molecule has 0 spiro atoms. The zero-order valence-electron chi connectivity index (χ0n) is 18.7. The average molecular weight is 421 g/mol. The minimum Gasteiger partial charge on any atom is -0.481 e. The predicted molar refractivity (Wildman–Crippen MR) is 112 cm³/mol. The maximum Gasteiger partial charge on any atom is 0.306 e. The number of rotatable bonds is 3.